The number of benzene rings is 1. The Morgan fingerprint density at radius 3 is 2.48 bits per heavy atom. The van der Waals surface area contributed by atoms with Crippen molar-refractivity contribution in [1.82, 2.24) is 15.5 Å². The van der Waals surface area contributed by atoms with E-state index in [1.165, 1.54) is 24.8 Å². The van der Waals surface area contributed by atoms with Crippen molar-refractivity contribution in [2.75, 3.05) is 32.8 Å². The van der Waals surface area contributed by atoms with E-state index < -0.39 is 0 Å². The van der Waals surface area contributed by atoms with Crippen molar-refractivity contribution in [1.29, 1.82) is 0 Å². The molecule has 1 aliphatic heterocycles. The Bertz CT molecular complexity index is 689. The van der Waals surface area contributed by atoms with E-state index in [0.29, 0.717) is 12.6 Å². The minimum Gasteiger partial charge on any atom is -0.391 e. The fraction of sp³-hybridized carbons (Fsp3) is 0.720. The number of aliphatic hydroxyl groups is 1. The molecule has 3 atom stereocenters. The van der Waals surface area contributed by atoms with Gasteiger partial charge in [-0.3, -0.25) is 4.90 Å². The van der Waals surface area contributed by atoms with Crippen LogP contribution in [0.3, 0.4) is 0 Å². The van der Waals surface area contributed by atoms with Crippen LogP contribution in [-0.2, 0) is 10.2 Å². The lowest BCUT2D eigenvalue weighted by Crippen LogP contribution is -2.49. The average molecular weight is 430 g/mol. The van der Waals surface area contributed by atoms with Gasteiger partial charge in [0, 0.05) is 37.1 Å². The maximum atomic E-state index is 12.7. The highest BCUT2D eigenvalue weighted by Gasteiger charge is 2.40. The Morgan fingerprint density at radius 1 is 1.03 bits per heavy atom. The van der Waals surface area contributed by atoms with Gasteiger partial charge in [-0.1, -0.05) is 49.6 Å². The first-order valence-corrected chi connectivity index (χ1v) is 12.3. The summed E-state index contributed by atoms with van der Waals surface area (Å²) >= 11 is 0. The van der Waals surface area contributed by atoms with Crippen LogP contribution in [0.15, 0.2) is 30.3 Å². The second-order valence-corrected chi connectivity index (χ2v) is 9.67. The summed E-state index contributed by atoms with van der Waals surface area (Å²) in [4.78, 5) is 15.1. The highest BCUT2D eigenvalue weighted by Crippen LogP contribution is 2.39. The second-order valence-electron chi connectivity index (χ2n) is 9.67. The predicted octanol–water partition coefficient (Wildman–Crippen LogP) is 3.19. The van der Waals surface area contributed by atoms with Crippen LogP contribution in [0.2, 0.25) is 0 Å². The molecule has 1 heterocycles. The molecule has 31 heavy (non-hydrogen) atoms. The first-order valence-electron chi connectivity index (χ1n) is 12.3. The summed E-state index contributed by atoms with van der Waals surface area (Å²) in [5, 5.41) is 17.4. The van der Waals surface area contributed by atoms with Crippen LogP contribution < -0.4 is 10.6 Å². The highest BCUT2D eigenvalue weighted by atomic mass is 16.5. The van der Waals surface area contributed by atoms with Crippen LogP contribution in [0.25, 0.3) is 0 Å². The monoisotopic (exact) mass is 429 g/mol. The van der Waals surface area contributed by atoms with Gasteiger partial charge in [0.15, 0.2) is 0 Å². The maximum Gasteiger partial charge on any atom is 0.315 e. The topological polar surface area (TPSA) is 73.8 Å². The van der Waals surface area contributed by atoms with E-state index in [1.54, 1.807) is 0 Å². The van der Waals surface area contributed by atoms with E-state index in [-0.39, 0.29) is 23.6 Å². The third kappa shape index (κ3) is 5.79. The number of aliphatic hydroxyl groups excluding tert-OH is 1. The van der Waals surface area contributed by atoms with Gasteiger partial charge in [0.1, 0.15) is 0 Å². The van der Waals surface area contributed by atoms with Crippen molar-refractivity contribution >= 4 is 6.03 Å². The van der Waals surface area contributed by atoms with E-state index in [0.717, 1.165) is 64.8 Å². The summed E-state index contributed by atoms with van der Waals surface area (Å²) < 4.78 is 5.52. The van der Waals surface area contributed by atoms with Crippen molar-refractivity contribution in [3.05, 3.63) is 35.9 Å². The molecule has 0 unspecified atom stereocenters. The predicted molar refractivity (Wildman–Crippen MR) is 122 cm³/mol. The Balaban J connectivity index is 1.44. The first kappa shape index (κ1) is 22.6. The molecule has 172 valence electrons. The van der Waals surface area contributed by atoms with E-state index in [1.807, 2.05) is 6.07 Å². The standard InChI is InChI=1S/C25H39N3O3/c29-23-12-14-25(20-7-3-1-4-8-20,13-11-22(23)28-15-17-31-18-16-28)19-26-24(30)27-21-9-5-2-6-10-21/h1,3-4,7-8,21-23,29H,2,5-6,9-19H2,(H2,26,27,30)/t22-,23-,25-/m1/s1. The minimum atomic E-state index is -0.334. The van der Waals surface area contributed by atoms with Gasteiger partial charge in [0.25, 0.3) is 0 Å². The lowest BCUT2D eigenvalue weighted by molar-refractivity contribution is -0.0236. The van der Waals surface area contributed by atoms with E-state index >= 15 is 0 Å². The van der Waals surface area contributed by atoms with Gasteiger partial charge in [-0.2, -0.15) is 0 Å². The first-order chi connectivity index (χ1) is 15.2. The van der Waals surface area contributed by atoms with Crippen molar-refractivity contribution in [3.63, 3.8) is 0 Å². The Morgan fingerprint density at radius 2 is 1.74 bits per heavy atom. The van der Waals surface area contributed by atoms with Gasteiger partial charge >= 0.3 is 6.03 Å². The van der Waals surface area contributed by atoms with Crippen LogP contribution >= 0.6 is 0 Å². The van der Waals surface area contributed by atoms with Crippen LogP contribution in [0.4, 0.5) is 4.79 Å². The van der Waals surface area contributed by atoms with E-state index in [9.17, 15) is 9.90 Å². The number of nitrogens with one attached hydrogen (secondary N) is 2. The van der Waals surface area contributed by atoms with Gasteiger partial charge in [0.05, 0.1) is 19.3 Å². The fourth-order valence-corrected chi connectivity index (χ4v) is 5.79. The molecule has 3 N–H and O–H groups in total. The second kappa shape index (κ2) is 10.8. The Labute approximate surface area is 186 Å². The zero-order valence-electron chi connectivity index (χ0n) is 18.7. The molecule has 3 fully saturated rings. The zero-order chi connectivity index (χ0) is 21.5. The number of rotatable bonds is 5. The summed E-state index contributed by atoms with van der Waals surface area (Å²) in [6.07, 6.45) is 9.06. The van der Waals surface area contributed by atoms with Gasteiger partial charge in [-0.25, -0.2) is 4.79 Å². The molecule has 0 radical (unpaired) electrons. The molecule has 6 nitrogen and oxygen atoms in total. The number of carbonyl (C=O) groups excluding carboxylic acids is 1. The van der Waals surface area contributed by atoms with Gasteiger partial charge in [-0.05, 0) is 44.1 Å². The summed E-state index contributed by atoms with van der Waals surface area (Å²) in [6, 6.07) is 11.0. The summed E-state index contributed by atoms with van der Waals surface area (Å²) in [5.74, 6) is 0. The largest absolute Gasteiger partial charge is 0.391 e. The molecule has 3 aliphatic rings. The molecular weight excluding hydrogens is 390 g/mol. The number of hydrogen-bond acceptors (Lipinski definition) is 4. The normalized spacial score (nSPS) is 31.0. The summed E-state index contributed by atoms with van der Waals surface area (Å²) in [7, 11) is 0. The number of amides is 2. The van der Waals surface area contributed by atoms with Crippen LogP contribution in [-0.4, -0.2) is 67.1 Å². The third-order valence-electron chi connectivity index (χ3n) is 7.71. The SMILES string of the molecule is O=C(NC[C@]1(c2ccccc2)CC[C@@H](O)[C@H](N2CCOCC2)CC1)NC1CCCCC1. The number of urea groups is 1. The number of carbonyl (C=O) groups is 1. The molecule has 2 saturated carbocycles. The molecule has 1 aromatic carbocycles. The number of ether oxygens (including phenoxy) is 1. The van der Waals surface area contributed by atoms with E-state index in [4.69, 9.17) is 4.74 Å². The molecule has 2 aliphatic carbocycles. The number of hydrogen-bond donors (Lipinski definition) is 3. The summed E-state index contributed by atoms with van der Waals surface area (Å²) in [6.45, 7) is 3.88. The van der Waals surface area contributed by atoms with Crippen molar-refractivity contribution < 1.29 is 14.6 Å². The van der Waals surface area contributed by atoms with Crippen LogP contribution in [0.5, 0.6) is 0 Å². The van der Waals surface area contributed by atoms with Gasteiger partial charge < -0.3 is 20.5 Å². The van der Waals surface area contributed by atoms with E-state index in [2.05, 4.69) is 39.8 Å². The van der Waals surface area contributed by atoms with Crippen molar-refractivity contribution in [2.24, 2.45) is 0 Å². The number of morpholine rings is 1. The minimum absolute atomic E-state index is 0.0447. The third-order valence-corrected chi connectivity index (χ3v) is 7.71. The average Bonchev–Trinajstić information content (AvgIpc) is 2.99. The molecule has 6 heteroatoms. The molecule has 1 aromatic rings. The molecule has 4 rings (SSSR count). The smallest absolute Gasteiger partial charge is 0.315 e. The lowest BCUT2D eigenvalue weighted by Gasteiger charge is -2.37. The van der Waals surface area contributed by atoms with Crippen molar-refractivity contribution in [2.45, 2.75) is 81.4 Å². The lowest BCUT2D eigenvalue weighted by atomic mass is 9.74. The number of nitrogens with zero attached hydrogens (tertiary/aromatic N) is 1. The molecular formula is C25H39N3O3. The maximum absolute atomic E-state index is 12.7. The highest BCUT2D eigenvalue weighted by molar-refractivity contribution is 5.74. The molecule has 0 spiro atoms. The Hall–Kier alpha value is -1.63. The quantitative estimate of drug-likeness (QED) is 0.629. The molecule has 0 bridgehead atoms. The van der Waals surface area contributed by atoms with Crippen LogP contribution in [0, 0.1) is 0 Å². The summed E-state index contributed by atoms with van der Waals surface area (Å²) in [5.41, 5.74) is 1.12. The Kier molecular flexibility index (Phi) is 7.86. The molecule has 0 aromatic heterocycles. The molecule has 2 amide bonds. The molecule has 1 saturated heterocycles. The van der Waals surface area contributed by atoms with Crippen molar-refractivity contribution in [3.8, 4) is 0 Å². The van der Waals surface area contributed by atoms with Gasteiger partial charge in [0.2, 0.25) is 0 Å². The van der Waals surface area contributed by atoms with Gasteiger partial charge in [-0.15, -0.1) is 0 Å². The van der Waals surface area contributed by atoms with Crippen LogP contribution in [0.1, 0.15) is 63.4 Å². The zero-order valence-corrected chi connectivity index (χ0v) is 18.7. The fourth-order valence-electron chi connectivity index (χ4n) is 5.79.